The molecule has 6 heteroatoms. The van der Waals surface area contributed by atoms with E-state index >= 15 is 0 Å². The zero-order valence-corrected chi connectivity index (χ0v) is 13.8. The minimum atomic E-state index is -0.111. The molecular formula is C18H21N3O3. The molecule has 126 valence electrons. The van der Waals surface area contributed by atoms with E-state index in [-0.39, 0.29) is 18.2 Å². The fourth-order valence-electron chi connectivity index (χ4n) is 2.69. The van der Waals surface area contributed by atoms with Crippen LogP contribution in [0.3, 0.4) is 0 Å². The molecule has 1 aromatic carbocycles. The molecule has 0 unspecified atom stereocenters. The Morgan fingerprint density at radius 3 is 2.29 bits per heavy atom. The number of hydrogen-bond donors (Lipinski definition) is 1. The van der Waals surface area contributed by atoms with Crippen LogP contribution < -0.4 is 10.1 Å². The number of anilines is 1. The number of hydrogen-bond acceptors (Lipinski definition) is 4. The van der Waals surface area contributed by atoms with Crippen molar-refractivity contribution in [3.63, 3.8) is 0 Å². The Hall–Kier alpha value is -2.60. The number of aromatic nitrogens is 1. The smallest absolute Gasteiger partial charge is 0.322 e. The summed E-state index contributed by atoms with van der Waals surface area (Å²) in [5.41, 5.74) is 0.730. The van der Waals surface area contributed by atoms with Gasteiger partial charge in [-0.2, -0.15) is 0 Å². The quantitative estimate of drug-likeness (QED) is 0.937. The normalized spacial score (nSPS) is 20.5. The Labute approximate surface area is 141 Å². The van der Waals surface area contributed by atoms with Gasteiger partial charge in [0.25, 0.3) is 0 Å². The van der Waals surface area contributed by atoms with Gasteiger partial charge in [0, 0.05) is 31.2 Å². The summed E-state index contributed by atoms with van der Waals surface area (Å²) < 4.78 is 11.3. The predicted molar refractivity (Wildman–Crippen MR) is 91.4 cm³/mol. The van der Waals surface area contributed by atoms with Gasteiger partial charge in [0.05, 0.1) is 12.2 Å². The van der Waals surface area contributed by atoms with E-state index in [4.69, 9.17) is 9.47 Å². The van der Waals surface area contributed by atoms with Gasteiger partial charge in [-0.15, -0.1) is 0 Å². The van der Waals surface area contributed by atoms with Crippen molar-refractivity contribution in [3.05, 3.63) is 48.8 Å². The van der Waals surface area contributed by atoms with E-state index in [1.54, 1.807) is 29.4 Å². The zero-order valence-electron chi connectivity index (χ0n) is 13.8. The van der Waals surface area contributed by atoms with Crippen molar-refractivity contribution in [1.82, 2.24) is 9.88 Å². The average molecular weight is 327 g/mol. The molecule has 2 amide bonds. The summed E-state index contributed by atoms with van der Waals surface area (Å²) in [5, 5.41) is 2.91. The van der Waals surface area contributed by atoms with Gasteiger partial charge in [-0.25, -0.2) is 4.79 Å². The lowest BCUT2D eigenvalue weighted by Crippen LogP contribution is -2.49. The second kappa shape index (κ2) is 7.31. The first-order valence-electron chi connectivity index (χ1n) is 7.99. The van der Waals surface area contributed by atoms with E-state index < -0.39 is 0 Å². The molecule has 1 aromatic heterocycles. The number of benzene rings is 1. The van der Waals surface area contributed by atoms with Crippen molar-refractivity contribution in [1.29, 1.82) is 0 Å². The molecule has 0 spiro atoms. The third-order valence-corrected chi connectivity index (χ3v) is 3.70. The minimum absolute atomic E-state index is 0.0515. The van der Waals surface area contributed by atoms with Gasteiger partial charge in [-0.3, -0.25) is 4.98 Å². The van der Waals surface area contributed by atoms with E-state index in [2.05, 4.69) is 10.3 Å². The Kier molecular flexibility index (Phi) is 4.96. The molecule has 1 saturated heterocycles. The van der Waals surface area contributed by atoms with Crippen molar-refractivity contribution in [2.75, 3.05) is 18.4 Å². The standard InChI is InChI=1S/C18H21N3O3/c1-13-11-21(12-14(2)23-13)18(22)20-15-3-5-16(6-4-15)24-17-7-9-19-10-8-17/h3-10,13-14H,11-12H2,1-2H3,(H,20,22)/t13-,14+. The topological polar surface area (TPSA) is 63.7 Å². The molecule has 0 saturated carbocycles. The van der Waals surface area contributed by atoms with Crippen LogP contribution in [0.5, 0.6) is 11.5 Å². The van der Waals surface area contributed by atoms with Gasteiger partial charge in [0.2, 0.25) is 0 Å². The zero-order chi connectivity index (χ0) is 16.9. The summed E-state index contributed by atoms with van der Waals surface area (Å²) in [5.74, 6) is 1.42. The fourth-order valence-corrected chi connectivity index (χ4v) is 2.69. The third-order valence-electron chi connectivity index (χ3n) is 3.70. The highest BCUT2D eigenvalue weighted by molar-refractivity contribution is 5.89. The molecule has 0 bridgehead atoms. The second-order valence-electron chi connectivity index (χ2n) is 5.90. The SMILES string of the molecule is C[C@@H]1CN(C(=O)Nc2ccc(Oc3ccncc3)cc2)C[C@H](C)O1. The molecule has 2 atom stereocenters. The van der Waals surface area contributed by atoms with Crippen LogP contribution in [0.1, 0.15) is 13.8 Å². The highest BCUT2D eigenvalue weighted by Gasteiger charge is 2.25. The first-order valence-corrected chi connectivity index (χ1v) is 7.99. The van der Waals surface area contributed by atoms with Crippen LogP contribution in [-0.4, -0.2) is 41.2 Å². The molecule has 2 aromatic rings. The maximum Gasteiger partial charge on any atom is 0.322 e. The highest BCUT2D eigenvalue weighted by atomic mass is 16.5. The summed E-state index contributed by atoms with van der Waals surface area (Å²) in [4.78, 5) is 18.1. The van der Waals surface area contributed by atoms with Gasteiger partial charge in [0.1, 0.15) is 11.5 Å². The van der Waals surface area contributed by atoms with Crippen molar-refractivity contribution in [3.8, 4) is 11.5 Å². The van der Waals surface area contributed by atoms with Crippen LogP contribution in [0.25, 0.3) is 0 Å². The summed E-state index contributed by atoms with van der Waals surface area (Å²) >= 11 is 0. The van der Waals surface area contributed by atoms with Crippen molar-refractivity contribution in [2.45, 2.75) is 26.1 Å². The largest absolute Gasteiger partial charge is 0.457 e. The van der Waals surface area contributed by atoms with E-state index in [1.165, 1.54) is 0 Å². The number of morpholine rings is 1. The lowest BCUT2D eigenvalue weighted by atomic mass is 10.2. The number of pyridine rings is 1. The Bertz CT molecular complexity index is 666. The minimum Gasteiger partial charge on any atom is -0.457 e. The summed E-state index contributed by atoms with van der Waals surface area (Å²) in [6, 6.07) is 10.7. The lowest BCUT2D eigenvalue weighted by molar-refractivity contribution is -0.0530. The maximum absolute atomic E-state index is 12.4. The summed E-state index contributed by atoms with van der Waals surface area (Å²) in [6.45, 7) is 5.14. The highest BCUT2D eigenvalue weighted by Crippen LogP contribution is 2.22. The molecular weight excluding hydrogens is 306 g/mol. The molecule has 1 aliphatic rings. The number of urea groups is 1. The molecule has 0 radical (unpaired) electrons. The van der Waals surface area contributed by atoms with Gasteiger partial charge in [0.15, 0.2) is 0 Å². The van der Waals surface area contributed by atoms with Gasteiger partial charge in [-0.05, 0) is 50.2 Å². The van der Waals surface area contributed by atoms with Gasteiger partial charge < -0.3 is 19.7 Å². The Morgan fingerprint density at radius 2 is 1.67 bits per heavy atom. The molecule has 1 fully saturated rings. The number of carbonyl (C=O) groups is 1. The van der Waals surface area contributed by atoms with Gasteiger partial charge in [-0.1, -0.05) is 0 Å². The molecule has 3 rings (SSSR count). The van der Waals surface area contributed by atoms with Gasteiger partial charge >= 0.3 is 6.03 Å². The van der Waals surface area contributed by atoms with E-state index in [1.807, 2.05) is 38.1 Å². The van der Waals surface area contributed by atoms with Crippen LogP contribution in [0.4, 0.5) is 10.5 Å². The van der Waals surface area contributed by atoms with Crippen molar-refractivity contribution < 1.29 is 14.3 Å². The second-order valence-corrected chi connectivity index (χ2v) is 5.90. The number of carbonyl (C=O) groups excluding carboxylic acids is 1. The first kappa shape index (κ1) is 16.3. The molecule has 2 heterocycles. The van der Waals surface area contributed by atoms with E-state index in [9.17, 15) is 4.79 Å². The first-order chi connectivity index (χ1) is 11.6. The van der Waals surface area contributed by atoms with Crippen molar-refractivity contribution >= 4 is 11.7 Å². The third kappa shape index (κ3) is 4.23. The number of rotatable bonds is 3. The summed E-state index contributed by atoms with van der Waals surface area (Å²) in [7, 11) is 0. The molecule has 1 N–H and O–H groups in total. The monoisotopic (exact) mass is 327 g/mol. The van der Waals surface area contributed by atoms with Crippen LogP contribution in [0.15, 0.2) is 48.8 Å². The molecule has 24 heavy (non-hydrogen) atoms. The molecule has 1 aliphatic heterocycles. The average Bonchev–Trinajstić information content (AvgIpc) is 2.57. The van der Waals surface area contributed by atoms with E-state index in [0.717, 1.165) is 11.4 Å². The van der Waals surface area contributed by atoms with Crippen LogP contribution in [0, 0.1) is 0 Å². The lowest BCUT2D eigenvalue weighted by Gasteiger charge is -2.35. The summed E-state index contributed by atoms with van der Waals surface area (Å²) in [6.07, 6.45) is 3.45. The number of ether oxygens (including phenoxy) is 2. The van der Waals surface area contributed by atoms with Crippen molar-refractivity contribution in [2.24, 2.45) is 0 Å². The fraction of sp³-hybridized carbons (Fsp3) is 0.333. The predicted octanol–water partition coefficient (Wildman–Crippen LogP) is 3.52. The molecule has 0 aliphatic carbocycles. The van der Waals surface area contributed by atoms with Crippen LogP contribution >= 0.6 is 0 Å². The molecule has 6 nitrogen and oxygen atoms in total. The Morgan fingerprint density at radius 1 is 1.08 bits per heavy atom. The Balaban J connectivity index is 1.58. The maximum atomic E-state index is 12.4. The number of nitrogens with zero attached hydrogens (tertiary/aromatic N) is 2. The van der Waals surface area contributed by atoms with Crippen LogP contribution in [0.2, 0.25) is 0 Å². The number of nitrogens with one attached hydrogen (secondary N) is 1. The van der Waals surface area contributed by atoms with Crippen LogP contribution in [-0.2, 0) is 4.74 Å². The number of amides is 2. The van der Waals surface area contributed by atoms with E-state index in [0.29, 0.717) is 18.8 Å².